The van der Waals surface area contributed by atoms with Crippen LogP contribution in [-0.2, 0) is 4.79 Å². The van der Waals surface area contributed by atoms with Gasteiger partial charge in [0.1, 0.15) is 0 Å². The van der Waals surface area contributed by atoms with Crippen molar-refractivity contribution in [3.63, 3.8) is 0 Å². The maximum Gasteiger partial charge on any atom is 0.188 e. The Bertz CT molecular complexity index is 741. The lowest BCUT2D eigenvalue weighted by Crippen LogP contribution is -2.01. The van der Waals surface area contributed by atoms with E-state index >= 15 is 0 Å². The first-order valence-corrected chi connectivity index (χ1v) is 10.9. The third-order valence-corrected chi connectivity index (χ3v) is 6.11. The third-order valence-electron chi connectivity index (χ3n) is 3.36. The number of hydrogen-bond acceptors (Lipinski definition) is 3. The lowest BCUT2D eigenvalue weighted by molar-refractivity contribution is -0.109. The molecule has 25 heavy (non-hydrogen) atoms. The zero-order chi connectivity index (χ0) is 18.1. The Morgan fingerprint density at radius 1 is 0.960 bits per heavy atom. The molecular weight excluding hydrogens is 412 g/mol. The second-order valence-corrected chi connectivity index (χ2v) is 8.87. The highest BCUT2D eigenvalue weighted by molar-refractivity contribution is 9.10. The number of carbonyl (C=O) groups is 1. The number of ketones is 1. The fraction of sp³-hybridized carbons (Fsp3) is 0.190. The van der Waals surface area contributed by atoms with Gasteiger partial charge in [0.15, 0.2) is 5.78 Å². The zero-order valence-corrected chi connectivity index (χ0v) is 17.6. The highest BCUT2D eigenvalue weighted by Crippen LogP contribution is 2.37. The van der Waals surface area contributed by atoms with Crippen LogP contribution in [0.1, 0.15) is 25.0 Å². The fourth-order valence-corrected chi connectivity index (χ4v) is 4.80. The van der Waals surface area contributed by atoms with Crippen LogP contribution in [0.3, 0.4) is 0 Å². The van der Waals surface area contributed by atoms with E-state index in [1.165, 1.54) is 0 Å². The van der Waals surface area contributed by atoms with Gasteiger partial charge in [0.2, 0.25) is 0 Å². The molecule has 0 amide bonds. The van der Waals surface area contributed by atoms with Crippen molar-refractivity contribution >= 4 is 56.9 Å². The van der Waals surface area contributed by atoms with E-state index in [0.29, 0.717) is 0 Å². The summed E-state index contributed by atoms with van der Waals surface area (Å²) in [6.07, 6.45) is 3.56. The molecule has 0 spiro atoms. The highest BCUT2D eigenvalue weighted by Gasteiger charge is 2.16. The van der Waals surface area contributed by atoms with Gasteiger partial charge in [-0.3, -0.25) is 4.79 Å². The van der Waals surface area contributed by atoms with E-state index in [4.69, 9.17) is 0 Å². The van der Waals surface area contributed by atoms with Crippen molar-refractivity contribution in [2.45, 2.75) is 13.8 Å². The molecule has 0 aliphatic carbocycles. The second kappa shape index (κ2) is 10.7. The van der Waals surface area contributed by atoms with Crippen molar-refractivity contribution < 1.29 is 4.79 Å². The normalized spacial score (nSPS) is 10.8. The van der Waals surface area contributed by atoms with Crippen LogP contribution >= 0.6 is 39.5 Å². The zero-order valence-electron chi connectivity index (χ0n) is 14.4. The summed E-state index contributed by atoms with van der Waals surface area (Å²) in [6.45, 7) is 4.23. The van der Waals surface area contributed by atoms with Gasteiger partial charge in [-0.15, -0.1) is 23.5 Å². The first kappa shape index (κ1) is 20.1. The van der Waals surface area contributed by atoms with E-state index in [2.05, 4.69) is 29.8 Å². The minimum atomic E-state index is 0.0445. The summed E-state index contributed by atoms with van der Waals surface area (Å²) in [7, 11) is 0. The third kappa shape index (κ3) is 6.21. The van der Waals surface area contributed by atoms with Crippen molar-refractivity contribution in [2.75, 3.05) is 11.5 Å². The topological polar surface area (TPSA) is 17.1 Å². The molecule has 0 N–H and O–H groups in total. The SMILES string of the molecule is CCSC(SCC)=C(C(=O)/C=C/c1ccccc1)c1ccc(Br)cc1. The van der Waals surface area contributed by atoms with E-state index < -0.39 is 0 Å². The first-order chi connectivity index (χ1) is 12.2. The lowest BCUT2D eigenvalue weighted by Gasteiger charge is -2.12. The maximum absolute atomic E-state index is 13.0. The molecule has 0 atom stereocenters. The summed E-state index contributed by atoms with van der Waals surface area (Å²) in [5.74, 6) is 1.93. The molecule has 130 valence electrons. The number of benzene rings is 2. The molecule has 0 radical (unpaired) electrons. The molecule has 0 saturated carbocycles. The maximum atomic E-state index is 13.0. The Hall–Kier alpha value is -1.23. The molecule has 0 aliphatic rings. The van der Waals surface area contributed by atoms with Gasteiger partial charge in [-0.1, -0.05) is 78.3 Å². The van der Waals surface area contributed by atoms with Gasteiger partial charge in [0.05, 0.1) is 4.24 Å². The quantitative estimate of drug-likeness (QED) is 0.421. The van der Waals surface area contributed by atoms with Crippen LogP contribution in [0.15, 0.2) is 69.4 Å². The van der Waals surface area contributed by atoms with Gasteiger partial charge in [-0.25, -0.2) is 0 Å². The predicted molar refractivity (Wildman–Crippen MR) is 118 cm³/mol. The van der Waals surface area contributed by atoms with Crippen molar-refractivity contribution in [3.8, 4) is 0 Å². The number of carbonyl (C=O) groups excluding carboxylic acids is 1. The van der Waals surface area contributed by atoms with E-state index in [0.717, 1.165) is 36.9 Å². The van der Waals surface area contributed by atoms with E-state index in [1.807, 2.05) is 60.7 Å². The van der Waals surface area contributed by atoms with Gasteiger partial charge >= 0.3 is 0 Å². The van der Waals surface area contributed by atoms with Crippen LogP contribution in [0.5, 0.6) is 0 Å². The number of thioether (sulfide) groups is 2. The Labute approximate surface area is 167 Å². The van der Waals surface area contributed by atoms with E-state index in [-0.39, 0.29) is 5.78 Å². The molecule has 4 heteroatoms. The second-order valence-electron chi connectivity index (χ2n) is 5.14. The highest BCUT2D eigenvalue weighted by atomic mass is 79.9. The van der Waals surface area contributed by atoms with Gasteiger partial charge < -0.3 is 0 Å². The van der Waals surface area contributed by atoms with Crippen LogP contribution < -0.4 is 0 Å². The van der Waals surface area contributed by atoms with Gasteiger partial charge in [-0.05, 0) is 40.8 Å². The molecule has 0 aliphatic heterocycles. The summed E-state index contributed by atoms with van der Waals surface area (Å²) in [6, 6.07) is 17.9. The lowest BCUT2D eigenvalue weighted by atomic mass is 10.0. The van der Waals surface area contributed by atoms with Crippen molar-refractivity contribution in [3.05, 3.63) is 80.5 Å². The molecule has 0 bridgehead atoms. The molecule has 0 unspecified atom stereocenters. The molecule has 2 rings (SSSR count). The molecule has 0 saturated heterocycles. The minimum absolute atomic E-state index is 0.0445. The molecule has 2 aromatic rings. The fourth-order valence-electron chi connectivity index (χ4n) is 2.24. The average Bonchev–Trinajstić information content (AvgIpc) is 2.63. The van der Waals surface area contributed by atoms with Crippen molar-refractivity contribution in [1.82, 2.24) is 0 Å². The largest absolute Gasteiger partial charge is 0.289 e. The summed E-state index contributed by atoms with van der Waals surface area (Å²) in [5.41, 5.74) is 2.78. The van der Waals surface area contributed by atoms with Crippen LogP contribution in [0, 0.1) is 0 Å². The van der Waals surface area contributed by atoms with Gasteiger partial charge in [0.25, 0.3) is 0 Å². The molecule has 0 heterocycles. The predicted octanol–water partition coefficient (Wildman–Crippen LogP) is 6.91. The smallest absolute Gasteiger partial charge is 0.188 e. The number of hydrogen-bond donors (Lipinski definition) is 0. The van der Waals surface area contributed by atoms with Crippen LogP contribution in [0.2, 0.25) is 0 Å². The van der Waals surface area contributed by atoms with Gasteiger partial charge in [0, 0.05) is 10.0 Å². The average molecular weight is 433 g/mol. The summed E-state index contributed by atoms with van der Waals surface area (Å²) in [5, 5.41) is 0. The molecule has 1 nitrogen and oxygen atoms in total. The monoisotopic (exact) mass is 432 g/mol. The van der Waals surface area contributed by atoms with Crippen LogP contribution in [0.4, 0.5) is 0 Å². The summed E-state index contributed by atoms with van der Waals surface area (Å²) in [4.78, 5) is 13.0. The number of rotatable bonds is 8. The molecule has 2 aromatic carbocycles. The molecule has 0 aromatic heterocycles. The number of halogens is 1. The van der Waals surface area contributed by atoms with Crippen LogP contribution in [-0.4, -0.2) is 17.3 Å². The summed E-state index contributed by atoms with van der Waals surface area (Å²) >= 11 is 6.93. The van der Waals surface area contributed by atoms with E-state index in [1.54, 1.807) is 29.6 Å². The Morgan fingerprint density at radius 2 is 1.56 bits per heavy atom. The Balaban J connectivity index is 2.42. The first-order valence-electron chi connectivity index (χ1n) is 8.19. The minimum Gasteiger partial charge on any atom is -0.289 e. The van der Waals surface area contributed by atoms with E-state index in [9.17, 15) is 4.79 Å². The van der Waals surface area contributed by atoms with Crippen molar-refractivity contribution in [2.24, 2.45) is 0 Å². The van der Waals surface area contributed by atoms with Crippen molar-refractivity contribution in [1.29, 1.82) is 0 Å². The molecule has 0 fully saturated rings. The van der Waals surface area contributed by atoms with Crippen LogP contribution in [0.25, 0.3) is 11.6 Å². The molecular formula is C21H21BrOS2. The number of allylic oxidation sites excluding steroid dienone is 2. The summed E-state index contributed by atoms with van der Waals surface area (Å²) < 4.78 is 2.10. The standard InChI is InChI=1S/C21H21BrOS2/c1-3-24-21(25-4-2)20(17-11-13-18(22)14-12-17)19(23)15-10-16-8-6-5-7-9-16/h5-15H,3-4H2,1-2H3/b15-10+. The Kier molecular flexibility index (Phi) is 8.59. The Morgan fingerprint density at radius 3 is 2.12 bits per heavy atom. The van der Waals surface area contributed by atoms with Gasteiger partial charge in [-0.2, -0.15) is 0 Å².